The molecule has 0 aliphatic carbocycles. The Morgan fingerprint density at radius 3 is 3.00 bits per heavy atom. The van der Waals surface area contributed by atoms with Crippen molar-refractivity contribution in [2.24, 2.45) is 5.92 Å². The molecule has 1 aliphatic heterocycles. The van der Waals surface area contributed by atoms with Crippen LogP contribution >= 0.6 is 39.0 Å². The molecule has 4 heteroatoms. The van der Waals surface area contributed by atoms with Crippen LogP contribution in [0.4, 0.5) is 0 Å². The lowest BCUT2D eigenvalue weighted by molar-refractivity contribution is 0.124. The highest BCUT2D eigenvalue weighted by atomic mass is 79.9. The highest BCUT2D eigenvalue weighted by Crippen LogP contribution is 2.39. The molecular formula is C9H11BrOS2. The average molecular weight is 279 g/mol. The molecule has 0 aromatic carbocycles. The topological polar surface area (TPSA) is 20.2 Å². The number of thioether (sulfide) groups is 1. The van der Waals surface area contributed by atoms with Gasteiger partial charge in [0.15, 0.2) is 0 Å². The molecule has 0 radical (unpaired) electrons. The third-order valence-corrected chi connectivity index (χ3v) is 5.45. The maximum absolute atomic E-state index is 10.1. The maximum Gasteiger partial charge on any atom is 0.0929 e. The van der Waals surface area contributed by atoms with Crippen LogP contribution in [0.25, 0.3) is 0 Å². The second kappa shape index (κ2) is 4.34. The van der Waals surface area contributed by atoms with Gasteiger partial charge >= 0.3 is 0 Å². The lowest BCUT2D eigenvalue weighted by atomic mass is 10.0. The molecule has 1 aliphatic rings. The van der Waals surface area contributed by atoms with Gasteiger partial charge in [0.1, 0.15) is 0 Å². The third-order valence-electron chi connectivity index (χ3n) is 2.32. The SMILES string of the molecule is OC(c1sccc1Br)C1CCSC1. The number of aliphatic hydroxyl groups excluding tert-OH is 1. The van der Waals surface area contributed by atoms with Crippen LogP contribution in [0.1, 0.15) is 17.4 Å². The minimum atomic E-state index is -0.260. The van der Waals surface area contributed by atoms with Crippen molar-refractivity contribution in [3.05, 3.63) is 20.8 Å². The molecule has 0 amide bonds. The van der Waals surface area contributed by atoms with Crippen molar-refractivity contribution >= 4 is 39.0 Å². The van der Waals surface area contributed by atoms with E-state index >= 15 is 0 Å². The van der Waals surface area contributed by atoms with E-state index in [-0.39, 0.29) is 6.10 Å². The molecule has 2 unspecified atom stereocenters. The summed E-state index contributed by atoms with van der Waals surface area (Å²) < 4.78 is 1.06. The van der Waals surface area contributed by atoms with Crippen molar-refractivity contribution in [1.29, 1.82) is 0 Å². The largest absolute Gasteiger partial charge is 0.387 e. The molecule has 0 saturated carbocycles. The number of hydrogen-bond acceptors (Lipinski definition) is 3. The Morgan fingerprint density at radius 1 is 1.62 bits per heavy atom. The molecule has 1 saturated heterocycles. The standard InChI is InChI=1S/C9H11BrOS2/c10-7-2-4-13-9(7)8(11)6-1-3-12-5-6/h2,4,6,8,11H,1,3,5H2. The summed E-state index contributed by atoms with van der Waals surface area (Å²) in [6, 6.07) is 2.01. The molecule has 1 aromatic heterocycles. The van der Waals surface area contributed by atoms with E-state index in [1.807, 2.05) is 23.2 Å². The first-order valence-corrected chi connectivity index (χ1v) is 7.10. The molecule has 0 bridgehead atoms. The van der Waals surface area contributed by atoms with Crippen LogP contribution in [-0.4, -0.2) is 16.6 Å². The van der Waals surface area contributed by atoms with Crippen molar-refractivity contribution in [2.45, 2.75) is 12.5 Å². The lowest BCUT2D eigenvalue weighted by Gasteiger charge is -2.15. The number of aliphatic hydroxyl groups is 1. The summed E-state index contributed by atoms with van der Waals surface area (Å²) >= 11 is 7.04. The minimum Gasteiger partial charge on any atom is -0.387 e. The van der Waals surface area contributed by atoms with Crippen LogP contribution in [0.3, 0.4) is 0 Å². The number of rotatable bonds is 2. The van der Waals surface area contributed by atoms with Crippen molar-refractivity contribution in [3.63, 3.8) is 0 Å². The van der Waals surface area contributed by atoms with Gasteiger partial charge in [-0.2, -0.15) is 11.8 Å². The van der Waals surface area contributed by atoms with Crippen molar-refractivity contribution < 1.29 is 5.11 Å². The van der Waals surface area contributed by atoms with E-state index < -0.39 is 0 Å². The van der Waals surface area contributed by atoms with Gasteiger partial charge in [-0.1, -0.05) is 0 Å². The molecule has 2 rings (SSSR count). The summed E-state index contributed by atoms with van der Waals surface area (Å²) in [5.74, 6) is 2.76. The van der Waals surface area contributed by atoms with Gasteiger partial charge in [0.25, 0.3) is 0 Å². The second-order valence-electron chi connectivity index (χ2n) is 3.20. The fourth-order valence-electron chi connectivity index (χ4n) is 1.53. The van der Waals surface area contributed by atoms with E-state index in [9.17, 15) is 5.11 Å². The predicted molar refractivity (Wildman–Crippen MR) is 62.4 cm³/mol. The fraction of sp³-hybridized carbons (Fsp3) is 0.556. The summed E-state index contributed by atoms with van der Waals surface area (Å²) in [6.45, 7) is 0. The Morgan fingerprint density at radius 2 is 2.46 bits per heavy atom. The molecule has 72 valence electrons. The second-order valence-corrected chi connectivity index (χ2v) is 6.15. The Kier molecular flexibility index (Phi) is 3.35. The van der Waals surface area contributed by atoms with Gasteiger partial charge in [-0.3, -0.25) is 0 Å². The molecule has 1 aromatic rings. The van der Waals surface area contributed by atoms with Gasteiger partial charge in [0, 0.05) is 9.35 Å². The average Bonchev–Trinajstić information content (AvgIpc) is 2.72. The Bertz CT molecular complexity index is 281. The van der Waals surface area contributed by atoms with E-state index in [0.29, 0.717) is 5.92 Å². The molecule has 13 heavy (non-hydrogen) atoms. The third kappa shape index (κ3) is 2.12. The smallest absolute Gasteiger partial charge is 0.0929 e. The first kappa shape index (κ1) is 10.0. The zero-order valence-electron chi connectivity index (χ0n) is 7.07. The van der Waals surface area contributed by atoms with Gasteiger partial charge in [-0.05, 0) is 51.2 Å². The quantitative estimate of drug-likeness (QED) is 0.896. The zero-order valence-corrected chi connectivity index (χ0v) is 10.3. The summed E-state index contributed by atoms with van der Waals surface area (Å²) in [5.41, 5.74) is 0. The first-order chi connectivity index (χ1) is 6.29. The van der Waals surface area contributed by atoms with Crippen LogP contribution < -0.4 is 0 Å². The van der Waals surface area contributed by atoms with Crippen molar-refractivity contribution in [2.75, 3.05) is 11.5 Å². The van der Waals surface area contributed by atoms with Crippen LogP contribution in [0.15, 0.2) is 15.9 Å². The van der Waals surface area contributed by atoms with Crippen molar-refractivity contribution in [3.8, 4) is 0 Å². The van der Waals surface area contributed by atoms with E-state index in [1.165, 1.54) is 5.75 Å². The minimum absolute atomic E-state index is 0.260. The number of hydrogen-bond donors (Lipinski definition) is 1. The van der Waals surface area contributed by atoms with Crippen LogP contribution in [0.5, 0.6) is 0 Å². The summed E-state index contributed by atoms with van der Waals surface area (Å²) in [7, 11) is 0. The van der Waals surface area contributed by atoms with Gasteiger partial charge in [0.2, 0.25) is 0 Å². The van der Waals surface area contributed by atoms with Crippen molar-refractivity contribution in [1.82, 2.24) is 0 Å². The Hall–Kier alpha value is 0.490. The van der Waals surface area contributed by atoms with Crippen LogP contribution in [-0.2, 0) is 0 Å². The molecule has 0 spiro atoms. The summed E-state index contributed by atoms with van der Waals surface area (Å²) in [6.07, 6.45) is 0.889. The molecule has 1 N–H and O–H groups in total. The predicted octanol–water partition coefficient (Wildman–Crippen LogP) is 3.30. The van der Waals surface area contributed by atoms with E-state index in [0.717, 1.165) is 21.5 Å². The molecule has 1 fully saturated rings. The lowest BCUT2D eigenvalue weighted by Crippen LogP contribution is -2.10. The zero-order chi connectivity index (χ0) is 9.26. The first-order valence-electron chi connectivity index (χ1n) is 4.27. The molecular weight excluding hydrogens is 268 g/mol. The van der Waals surface area contributed by atoms with Gasteiger partial charge < -0.3 is 5.11 Å². The highest BCUT2D eigenvalue weighted by Gasteiger charge is 2.26. The number of halogens is 1. The number of thiophene rings is 1. The van der Waals surface area contributed by atoms with Crippen LogP contribution in [0, 0.1) is 5.92 Å². The summed E-state index contributed by atoms with van der Waals surface area (Å²) in [4.78, 5) is 1.09. The van der Waals surface area contributed by atoms with Gasteiger partial charge in [0.05, 0.1) is 6.10 Å². The van der Waals surface area contributed by atoms with E-state index in [4.69, 9.17) is 0 Å². The monoisotopic (exact) mass is 278 g/mol. The van der Waals surface area contributed by atoms with E-state index in [2.05, 4.69) is 15.9 Å². The summed E-state index contributed by atoms with van der Waals surface area (Å²) in [5, 5.41) is 12.1. The Labute approximate surface area is 94.7 Å². The maximum atomic E-state index is 10.1. The molecule has 2 heterocycles. The van der Waals surface area contributed by atoms with Crippen LogP contribution in [0.2, 0.25) is 0 Å². The Balaban J connectivity index is 2.12. The van der Waals surface area contributed by atoms with E-state index in [1.54, 1.807) is 11.3 Å². The molecule has 2 atom stereocenters. The van der Waals surface area contributed by atoms with Gasteiger partial charge in [-0.15, -0.1) is 11.3 Å². The van der Waals surface area contributed by atoms with Gasteiger partial charge in [-0.25, -0.2) is 0 Å². The molecule has 1 nitrogen and oxygen atoms in total. The normalized spacial score (nSPS) is 24.9. The fourth-order valence-corrected chi connectivity index (χ4v) is 4.51. The highest BCUT2D eigenvalue weighted by molar-refractivity contribution is 9.10.